The van der Waals surface area contributed by atoms with E-state index >= 15 is 0 Å². The zero-order valence-corrected chi connectivity index (χ0v) is 15.6. The monoisotopic (exact) mass is 387 g/mol. The molecule has 134 valence electrons. The van der Waals surface area contributed by atoms with Gasteiger partial charge >= 0.3 is 0 Å². The highest BCUT2D eigenvalue weighted by molar-refractivity contribution is 7.17. The third-order valence-corrected chi connectivity index (χ3v) is 5.75. The highest BCUT2D eigenvalue weighted by Crippen LogP contribution is 2.29. The lowest BCUT2D eigenvalue weighted by Gasteiger charge is -2.31. The van der Waals surface area contributed by atoms with Gasteiger partial charge < -0.3 is 10.2 Å². The molecule has 3 aromatic rings. The number of hydrogen-bond donors (Lipinski definition) is 1. The zero-order chi connectivity index (χ0) is 17.9. The summed E-state index contributed by atoms with van der Waals surface area (Å²) in [5, 5.41) is 13.7. The van der Waals surface area contributed by atoms with Gasteiger partial charge in [0.05, 0.1) is 16.6 Å². The summed E-state index contributed by atoms with van der Waals surface area (Å²) in [5.74, 6) is -0.100. The lowest BCUT2D eigenvalue weighted by atomic mass is 9.97. The molecule has 1 aliphatic heterocycles. The van der Waals surface area contributed by atoms with Gasteiger partial charge in [-0.1, -0.05) is 35.1 Å². The van der Waals surface area contributed by atoms with Crippen LogP contribution in [-0.2, 0) is 4.79 Å². The molecule has 0 bridgehead atoms. The van der Waals surface area contributed by atoms with Crippen LogP contribution in [0.3, 0.4) is 0 Å². The number of para-hydroxylation sites is 1. The fourth-order valence-electron chi connectivity index (χ4n) is 3.06. The molecule has 1 aromatic carbocycles. The Balaban J connectivity index is 1.44. The van der Waals surface area contributed by atoms with Crippen molar-refractivity contribution in [1.82, 2.24) is 14.8 Å². The van der Waals surface area contributed by atoms with E-state index in [9.17, 15) is 4.79 Å². The predicted molar refractivity (Wildman–Crippen MR) is 104 cm³/mol. The number of nitrogens with zero attached hydrogens (tertiary/aromatic N) is 4. The maximum absolute atomic E-state index is 12.7. The maximum atomic E-state index is 12.7. The third-order valence-electron chi connectivity index (χ3n) is 4.42. The minimum absolute atomic E-state index is 0.00190. The molecule has 1 aliphatic rings. The largest absolute Gasteiger partial charge is 0.346 e. The van der Waals surface area contributed by atoms with E-state index in [2.05, 4.69) is 20.4 Å². The van der Waals surface area contributed by atoms with Crippen LogP contribution < -0.4 is 10.2 Å². The molecule has 0 spiro atoms. The van der Waals surface area contributed by atoms with Gasteiger partial charge in [0.1, 0.15) is 0 Å². The Kier molecular flexibility index (Phi) is 4.90. The topological polar surface area (TPSA) is 63.1 Å². The van der Waals surface area contributed by atoms with Crippen molar-refractivity contribution in [2.45, 2.75) is 12.8 Å². The molecule has 1 atom stereocenters. The number of amides is 1. The number of carbonyl (C=O) groups excluding carboxylic acids is 1. The van der Waals surface area contributed by atoms with Crippen LogP contribution in [0.1, 0.15) is 12.8 Å². The summed E-state index contributed by atoms with van der Waals surface area (Å²) in [7, 11) is 0. The summed E-state index contributed by atoms with van der Waals surface area (Å²) in [6, 6.07) is 11.2. The van der Waals surface area contributed by atoms with E-state index in [-0.39, 0.29) is 11.8 Å². The Labute approximate surface area is 160 Å². The van der Waals surface area contributed by atoms with Gasteiger partial charge in [-0.15, -0.1) is 10.2 Å². The van der Waals surface area contributed by atoms with Gasteiger partial charge in [0.25, 0.3) is 0 Å². The first kappa shape index (κ1) is 17.1. The van der Waals surface area contributed by atoms with Crippen molar-refractivity contribution in [2.75, 3.05) is 23.3 Å². The van der Waals surface area contributed by atoms with Gasteiger partial charge in [0.15, 0.2) is 0 Å². The molecular weight excluding hydrogens is 370 g/mol. The predicted octanol–water partition coefficient (Wildman–Crippen LogP) is 3.84. The van der Waals surface area contributed by atoms with Gasteiger partial charge in [-0.3, -0.25) is 9.36 Å². The fraction of sp³-hybridized carbons (Fsp3) is 0.278. The molecule has 0 saturated carbocycles. The van der Waals surface area contributed by atoms with Crippen molar-refractivity contribution in [2.24, 2.45) is 5.92 Å². The molecule has 3 heterocycles. The van der Waals surface area contributed by atoms with E-state index in [4.69, 9.17) is 11.6 Å². The average Bonchev–Trinajstić information content (AvgIpc) is 3.35. The summed E-state index contributed by atoms with van der Waals surface area (Å²) < 4.78 is 1.94. The average molecular weight is 388 g/mol. The Hall–Kier alpha value is -2.38. The normalized spacial score (nSPS) is 17.3. The summed E-state index contributed by atoms with van der Waals surface area (Å²) >= 11 is 7.67. The fourth-order valence-corrected chi connectivity index (χ4v) is 4.10. The Morgan fingerprint density at radius 3 is 2.73 bits per heavy atom. The molecule has 1 amide bonds. The highest BCUT2D eigenvalue weighted by Gasteiger charge is 2.28. The van der Waals surface area contributed by atoms with Crippen molar-refractivity contribution in [3.05, 3.63) is 53.8 Å². The number of anilines is 2. The van der Waals surface area contributed by atoms with E-state index in [0.29, 0.717) is 17.3 Å². The van der Waals surface area contributed by atoms with Gasteiger partial charge in [-0.05, 0) is 37.1 Å². The molecule has 0 aliphatic carbocycles. The second-order valence-electron chi connectivity index (χ2n) is 6.21. The van der Waals surface area contributed by atoms with E-state index in [1.165, 1.54) is 11.3 Å². The number of piperidine rings is 1. The number of halogens is 1. The number of rotatable bonds is 4. The molecular formula is C18H18ClN5OS. The third kappa shape index (κ3) is 3.59. The number of carbonyl (C=O) groups is 1. The Morgan fingerprint density at radius 2 is 1.92 bits per heavy atom. The van der Waals surface area contributed by atoms with Crippen LogP contribution in [0.5, 0.6) is 0 Å². The molecule has 1 N–H and O–H groups in total. The first-order valence-electron chi connectivity index (χ1n) is 8.48. The summed E-state index contributed by atoms with van der Waals surface area (Å²) in [6.45, 7) is 1.52. The smallest absolute Gasteiger partial charge is 0.229 e. The van der Waals surface area contributed by atoms with E-state index in [0.717, 1.165) is 29.6 Å². The first-order valence-corrected chi connectivity index (χ1v) is 9.67. The lowest BCUT2D eigenvalue weighted by molar-refractivity contribution is -0.120. The molecule has 1 fully saturated rings. The Morgan fingerprint density at radius 1 is 1.15 bits per heavy atom. The van der Waals surface area contributed by atoms with Crippen LogP contribution in [0.2, 0.25) is 5.02 Å². The van der Waals surface area contributed by atoms with Crippen molar-refractivity contribution in [3.8, 4) is 5.13 Å². The number of hydrogen-bond acceptors (Lipinski definition) is 5. The highest BCUT2D eigenvalue weighted by atomic mass is 35.5. The van der Waals surface area contributed by atoms with Gasteiger partial charge in [-0.2, -0.15) is 0 Å². The van der Waals surface area contributed by atoms with Crippen LogP contribution >= 0.6 is 22.9 Å². The second kappa shape index (κ2) is 7.47. The van der Waals surface area contributed by atoms with Crippen LogP contribution in [0.15, 0.2) is 48.8 Å². The molecule has 8 heteroatoms. The van der Waals surface area contributed by atoms with Crippen molar-refractivity contribution >= 4 is 39.7 Å². The molecule has 0 radical (unpaired) electrons. The van der Waals surface area contributed by atoms with Crippen LogP contribution in [0, 0.1) is 5.92 Å². The van der Waals surface area contributed by atoms with E-state index < -0.39 is 0 Å². The van der Waals surface area contributed by atoms with E-state index in [1.54, 1.807) is 6.07 Å². The Bertz CT molecular complexity index is 895. The van der Waals surface area contributed by atoms with Crippen molar-refractivity contribution in [3.63, 3.8) is 0 Å². The molecule has 2 aromatic heterocycles. The quantitative estimate of drug-likeness (QED) is 0.738. The van der Waals surface area contributed by atoms with Gasteiger partial charge in [0, 0.05) is 25.5 Å². The minimum Gasteiger partial charge on any atom is -0.346 e. The first-order chi connectivity index (χ1) is 12.7. The standard InChI is InChI=1S/C18H18ClN5OS/c19-14-7-1-2-8-15(14)20-16(25)13-6-5-11-24(12-13)18-22-21-17(26-18)23-9-3-4-10-23/h1-4,7-10,13H,5-6,11-12H2,(H,20,25). The van der Waals surface area contributed by atoms with E-state index in [1.807, 2.05) is 47.3 Å². The van der Waals surface area contributed by atoms with Crippen molar-refractivity contribution in [1.29, 1.82) is 0 Å². The zero-order valence-electron chi connectivity index (χ0n) is 14.0. The molecule has 1 unspecified atom stereocenters. The SMILES string of the molecule is O=C(Nc1ccccc1Cl)C1CCCN(c2nnc(-n3cccc3)s2)C1. The molecule has 1 saturated heterocycles. The van der Waals surface area contributed by atoms with Crippen LogP contribution in [0.25, 0.3) is 5.13 Å². The summed E-state index contributed by atoms with van der Waals surface area (Å²) in [6.07, 6.45) is 5.69. The summed E-state index contributed by atoms with van der Waals surface area (Å²) in [4.78, 5) is 14.8. The van der Waals surface area contributed by atoms with Gasteiger partial charge in [0.2, 0.25) is 16.2 Å². The van der Waals surface area contributed by atoms with Crippen LogP contribution in [0.4, 0.5) is 10.8 Å². The summed E-state index contributed by atoms with van der Waals surface area (Å²) in [5.41, 5.74) is 0.655. The maximum Gasteiger partial charge on any atom is 0.229 e. The second-order valence-corrected chi connectivity index (χ2v) is 7.55. The molecule has 4 rings (SSSR count). The molecule has 26 heavy (non-hydrogen) atoms. The van der Waals surface area contributed by atoms with Crippen LogP contribution in [-0.4, -0.2) is 33.8 Å². The number of nitrogens with one attached hydrogen (secondary N) is 1. The molecule has 6 nitrogen and oxygen atoms in total. The van der Waals surface area contributed by atoms with Crippen molar-refractivity contribution < 1.29 is 4.79 Å². The number of aromatic nitrogens is 3. The number of benzene rings is 1. The lowest BCUT2D eigenvalue weighted by Crippen LogP contribution is -2.40. The van der Waals surface area contributed by atoms with Gasteiger partial charge in [-0.25, -0.2) is 0 Å². The minimum atomic E-state index is -0.0982.